The van der Waals surface area contributed by atoms with E-state index >= 15 is 0 Å². The standard InChI is InChI=1S/C21H22ClNO4S/c1-14(16-4-3-5-17(22)12-16)23-20(25)13-27-21(26)11-10-19(24)15-6-8-18(28-2)9-7-15/h3-9,12,14H,10-11,13H2,1-2H3,(H,23,25)/t14-/m1/s1. The summed E-state index contributed by atoms with van der Waals surface area (Å²) in [4.78, 5) is 36.9. The molecule has 0 aromatic heterocycles. The minimum Gasteiger partial charge on any atom is -0.456 e. The number of hydrogen-bond donors (Lipinski definition) is 1. The summed E-state index contributed by atoms with van der Waals surface area (Å²) < 4.78 is 4.95. The highest BCUT2D eigenvalue weighted by Crippen LogP contribution is 2.17. The number of benzene rings is 2. The molecule has 148 valence electrons. The van der Waals surface area contributed by atoms with E-state index in [1.807, 2.05) is 31.4 Å². The van der Waals surface area contributed by atoms with Crippen molar-refractivity contribution in [2.24, 2.45) is 0 Å². The Kier molecular flexibility index (Phi) is 8.54. The number of ether oxygens (including phenoxy) is 1. The Morgan fingerprint density at radius 1 is 1.11 bits per heavy atom. The largest absolute Gasteiger partial charge is 0.456 e. The number of Topliss-reactive ketones (excluding diaryl/α,β-unsaturated/α-hetero) is 1. The summed E-state index contributed by atoms with van der Waals surface area (Å²) in [6.45, 7) is 1.42. The van der Waals surface area contributed by atoms with Gasteiger partial charge in [0, 0.05) is 21.9 Å². The van der Waals surface area contributed by atoms with Crippen molar-refractivity contribution >= 4 is 41.0 Å². The highest BCUT2D eigenvalue weighted by atomic mass is 35.5. The van der Waals surface area contributed by atoms with Gasteiger partial charge in [0.1, 0.15) is 0 Å². The SMILES string of the molecule is CSc1ccc(C(=O)CCC(=O)OCC(=O)N[C@H](C)c2cccc(Cl)c2)cc1. The number of esters is 1. The fourth-order valence-corrected chi connectivity index (χ4v) is 3.10. The minimum atomic E-state index is -0.584. The van der Waals surface area contributed by atoms with Crippen LogP contribution in [0.2, 0.25) is 5.02 Å². The molecular weight excluding hydrogens is 398 g/mol. The average Bonchev–Trinajstić information content (AvgIpc) is 2.70. The van der Waals surface area contributed by atoms with Crippen molar-refractivity contribution in [1.82, 2.24) is 5.32 Å². The fraction of sp³-hybridized carbons (Fsp3) is 0.286. The van der Waals surface area contributed by atoms with E-state index in [0.29, 0.717) is 10.6 Å². The molecule has 2 aromatic carbocycles. The molecular formula is C21H22ClNO4S. The normalized spacial score (nSPS) is 11.5. The van der Waals surface area contributed by atoms with Gasteiger partial charge in [0.2, 0.25) is 0 Å². The van der Waals surface area contributed by atoms with Crippen molar-refractivity contribution in [2.45, 2.75) is 30.7 Å². The molecule has 1 amide bonds. The van der Waals surface area contributed by atoms with E-state index in [1.54, 1.807) is 42.1 Å². The molecule has 1 atom stereocenters. The maximum Gasteiger partial charge on any atom is 0.306 e. The zero-order valence-corrected chi connectivity index (χ0v) is 17.3. The predicted octanol–water partition coefficient (Wildman–Crippen LogP) is 4.45. The van der Waals surface area contributed by atoms with E-state index in [-0.39, 0.29) is 31.3 Å². The number of rotatable bonds is 9. The Morgan fingerprint density at radius 2 is 1.82 bits per heavy atom. The highest BCUT2D eigenvalue weighted by Gasteiger charge is 2.14. The van der Waals surface area contributed by atoms with Gasteiger partial charge in [-0.3, -0.25) is 14.4 Å². The van der Waals surface area contributed by atoms with Crippen LogP contribution in [0.3, 0.4) is 0 Å². The molecule has 5 nitrogen and oxygen atoms in total. The van der Waals surface area contributed by atoms with Crippen LogP contribution < -0.4 is 5.32 Å². The maximum absolute atomic E-state index is 12.1. The molecule has 0 unspecified atom stereocenters. The minimum absolute atomic E-state index is 0.0397. The number of amides is 1. The molecule has 2 aromatic rings. The number of ketones is 1. The Balaban J connectivity index is 1.72. The number of nitrogens with one attached hydrogen (secondary N) is 1. The lowest BCUT2D eigenvalue weighted by Crippen LogP contribution is -2.31. The van der Waals surface area contributed by atoms with Gasteiger partial charge in [-0.15, -0.1) is 11.8 Å². The van der Waals surface area contributed by atoms with Crippen molar-refractivity contribution in [1.29, 1.82) is 0 Å². The van der Waals surface area contributed by atoms with Crippen molar-refractivity contribution < 1.29 is 19.1 Å². The van der Waals surface area contributed by atoms with E-state index in [4.69, 9.17) is 16.3 Å². The summed E-state index contributed by atoms with van der Waals surface area (Å²) in [5.41, 5.74) is 1.41. The van der Waals surface area contributed by atoms with Gasteiger partial charge in [0.25, 0.3) is 5.91 Å². The smallest absolute Gasteiger partial charge is 0.306 e. The lowest BCUT2D eigenvalue weighted by atomic mass is 10.1. The number of carbonyl (C=O) groups is 3. The van der Waals surface area contributed by atoms with Gasteiger partial charge in [-0.25, -0.2) is 0 Å². The summed E-state index contributed by atoms with van der Waals surface area (Å²) in [6.07, 6.45) is 1.93. The molecule has 0 aliphatic rings. The van der Waals surface area contributed by atoms with Crippen LogP contribution in [0.1, 0.15) is 41.7 Å². The van der Waals surface area contributed by atoms with Gasteiger partial charge < -0.3 is 10.1 Å². The molecule has 7 heteroatoms. The van der Waals surface area contributed by atoms with Crippen LogP contribution in [0, 0.1) is 0 Å². The lowest BCUT2D eigenvalue weighted by Gasteiger charge is -2.14. The monoisotopic (exact) mass is 419 g/mol. The fourth-order valence-electron chi connectivity index (χ4n) is 2.50. The molecule has 0 heterocycles. The summed E-state index contributed by atoms with van der Waals surface area (Å²) in [5.74, 6) is -1.14. The summed E-state index contributed by atoms with van der Waals surface area (Å²) in [5, 5.41) is 3.32. The van der Waals surface area contributed by atoms with Crippen molar-refractivity contribution in [3.8, 4) is 0 Å². The van der Waals surface area contributed by atoms with E-state index in [9.17, 15) is 14.4 Å². The van der Waals surface area contributed by atoms with Gasteiger partial charge in [-0.05, 0) is 43.0 Å². The van der Waals surface area contributed by atoms with Crippen LogP contribution in [0.4, 0.5) is 0 Å². The predicted molar refractivity (Wildman–Crippen MR) is 111 cm³/mol. The van der Waals surface area contributed by atoms with Crippen molar-refractivity contribution in [3.63, 3.8) is 0 Å². The first-order chi connectivity index (χ1) is 13.4. The molecule has 0 spiro atoms. The third-order valence-corrected chi connectivity index (χ3v) is 5.04. The first-order valence-corrected chi connectivity index (χ1v) is 10.4. The Bertz CT molecular complexity index is 839. The number of hydrogen-bond acceptors (Lipinski definition) is 5. The molecule has 0 aliphatic carbocycles. The zero-order chi connectivity index (χ0) is 20.5. The zero-order valence-electron chi connectivity index (χ0n) is 15.7. The second-order valence-electron chi connectivity index (χ2n) is 6.16. The molecule has 0 radical (unpaired) electrons. The Labute approximate surface area is 173 Å². The third-order valence-electron chi connectivity index (χ3n) is 4.06. The van der Waals surface area contributed by atoms with Gasteiger partial charge in [0.15, 0.2) is 12.4 Å². The molecule has 0 saturated carbocycles. The van der Waals surface area contributed by atoms with Crippen LogP contribution in [0.15, 0.2) is 53.4 Å². The third kappa shape index (κ3) is 7.02. The van der Waals surface area contributed by atoms with Crippen LogP contribution in [-0.4, -0.2) is 30.5 Å². The molecule has 28 heavy (non-hydrogen) atoms. The second kappa shape index (κ2) is 10.9. The topological polar surface area (TPSA) is 72.5 Å². The van der Waals surface area contributed by atoms with Crippen LogP contribution in [0.25, 0.3) is 0 Å². The number of halogens is 1. The average molecular weight is 420 g/mol. The lowest BCUT2D eigenvalue weighted by molar-refractivity contribution is -0.148. The van der Waals surface area contributed by atoms with E-state index in [1.165, 1.54) is 0 Å². The van der Waals surface area contributed by atoms with Gasteiger partial charge in [-0.2, -0.15) is 0 Å². The van der Waals surface area contributed by atoms with Gasteiger partial charge in [0.05, 0.1) is 12.5 Å². The van der Waals surface area contributed by atoms with Crippen LogP contribution in [-0.2, 0) is 14.3 Å². The molecule has 0 aliphatic heterocycles. The van der Waals surface area contributed by atoms with E-state index in [0.717, 1.165) is 10.5 Å². The molecule has 1 N–H and O–H groups in total. The first-order valence-electron chi connectivity index (χ1n) is 8.76. The maximum atomic E-state index is 12.1. The molecule has 0 bridgehead atoms. The quantitative estimate of drug-likeness (QED) is 0.369. The van der Waals surface area contributed by atoms with Gasteiger partial charge >= 0.3 is 5.97 Å². The summed E-state index contributed by atoms with van der Waals surface area (Å²) in [6, 6.07) is 14.1. The molecule has 2 rings (SSSR count). The highest BCUT2D eigenvalue weighted by molar-refractivity contribution is 7.98. The number of carbonyl (C=O) groups excluding carboxylic acids is 3. The van der Waals surface area contributed by atoms with Crippen molar-refractivity contribution in [3.05, 3.63) is 64.7 Å². The number of thioether (sulfide) groups is 1. The molecule has 0 fully saturated rings. The van der Waals surface area contributed by atoms with Crippen LogP contribution in [0.5, 0.6) is 0 Å². The molecule has 0 saturated heterocycles. The first kappa shape index (κ1) is 22.0. The van der Waals surface area contributed by atoms with Crippen molar-refractivity contribution in [2.75, 3.05) is 12.9 Å². The van der Waals surface area contributed by atoms with E-state index < -0.39 is 11.9 Å². The summed E-state index contributed by atoms with van der Waals surface area (Å²) in [7, 11) is 0. The Morgan fingerprint density at radius 3 is 2.46 bits per heavy atom. The Hall–Kier alpha value is -2.31. The van der Waals surface area contributed by atoms with Gasteiger partial charge in [-0.1, -0.05) is 35.9 Å². The summed E-state index contributed by atoms with van der Waals surface area (Å²) >= 11 is 7.53. The second-order valence-corrected chi connectivity index (χ2v) is 7.47. The van der Waals surface area contributed by atoms with Crippen LogP contribution >= 0.6 is 23.4 Å². The van der Waals surface area contributed by atoms with E-state index in [2.05, 4.69) is 5.32 Å².